The second kappa shape index (κ2) is 11.6. The molecule has 0 saturated carbocycles. The molecule has 2 fully saturated rings. The zero-order valence-corrected chi connectivity index (χ0v) is 25.7. The smallest absolute Gasteiger partial charge is 0.326 e. The van der Waals surface area contributed by atoms with Gasteiger partial charge in [0.25, 0.3) is 6.01 Å². The number of ether oxygens (including phenoxy) is 2. The second-order valence-corrected chi connectivity index (χ2v) is 12.6. The van der Waals surface area contributed by atoms with Crippen molar-refractivity contribution in [2.24, 2.45) is 0 Å². The molecule has 1 amide bonds. The molecule has 5 aromatic rings. The van der Waals surface area contributed by atoms with Gasteiger partial charge in [-0.2, -0.15) is 4.98 Å². The number of rotatable bonds is 1. The normalized spacial score (nSPS) is 24.4. The van der Waals surface area contributed by atoms with Crippen LogP contribution in [0, 0.1) is 0 Å². The van der Waals surface area contributed by atoms with Crippen LogP contribution in [0.15, 0.2) is 52.9 Å². The second-order valence-electron chi connectivity index (χ2n) is 12.6. The first-order chi connectivity index (χ1) is 22.4. The minimum atomic E-state index is -0.957. The first-order valence-electron chi connectivity index (χ1n) is 16.1. The Kier molecular flexibility index (Phi) is 7.24. The maximum Gasteiger partial charge on any atom is 0.326 e. The molecule has 238 valence electrons. The van der Waals surface area contributed by atoms with Crippen molar-refractivity contribution in [2.45, 2.75) is 69.7 Å². The maximum absolute atomic E-state index is 13.2. The zero-order chi connectivity index (χ0) is 31.4. The summed E-state index contributed by atoms with van der Waals surface area (Å²) >= 11 is 0. The van der Waals surface area contributed by atoms with Crippen molar-refractivity contribution < 1.29 is 28.6 Å². The summed E-state index contributed by atoms with van der Waals surface area (Å²) in [4.78, 5) is 44.3. The minimum absolute atomic E-state index is 0.0816. The molecule has 0 radical (unpaired) electrons. The number of carboxylic acids is 1. The van der Waals surface area contributed by atoms with E-state index >= 15 is 0 Å². The number of aromatic nitrogens is 4. The summed E-state index contributed by atoms with van der Waals surface area (Å²) in [6.45, 7) is 3.95. The lowest BCUT2D eigenvalue weighted by Gasteiger charge is -2.34. The Labute approximate surface area is 264 Å². The van der Waals surface area contributed by atoms with Crippen molar-refractivity contribution in [3.05, 3.63) is 54.4 Å². The number of nitrogens with zero attached hydrogens (tertiary/aromatic N) is 6. The number of carbonyl (C=O) groups excluding carboxylic acids is 1. The van der Waals surface area contributed by atoms with E-state index < -0.39 is 18.1 Å². The van der Waals surface area contributed by atoms with Gasteiger partial charge in [0, 0.05) is 44.0 Å². The molecule has 9 rings (SSSR count). The van der Waals surface area contributed by atoms with Crippen molar-refractivity contribution in [2.75, 3.05) is 31.1 Å². The molecule has 1 N–H and O–H groups in total. The number of benzene rings is 2. The highest BCUT2D eigenvalue weighted by Gasteiger charge is 2.42. The lowest BCUT2D eigenvalue weighted by molar-refractivity contribution is -0.138. The molecule has 0 unspecified atom stereocenters. The standard InChI is InChI=1S/C34H36N6O6/c1-20-17-29(41)38-14-12-21(13-15-38)40-25-9-4-3-8-24(25)35-34(40)45-22-18-26(33(42)43)39(19-22)32-31-30(23-7-2-5-10-27(23)46-31)36-28(37-32)11-6-16-44-20/h2-5,7-10,20-22,26H,6,11-19H2,1H3,(H,42,43)/t20-,22+,26+/m1/s1. The third kappa shape index (κ3) is 5.10. The molecule has 12 nitrogen and oxygen atoms in total. The largest absolute Gasteiger partial charge is 0.480 e. The predicted octanol–water partition coefficient (Wildman–Crippen LogP) is 4.74. The van der Waals surface area contributed by atoms with Crippen LogP contribution >= 0.6 is 0 Å². The van der Waals surface area contributed by atoms with Gasteiger partial charge in [0.1, 0.15) is 29.1 Å². The van der Waals surface area contributed by atoms with Gasteiger partial charge < -0.3 is 28.8 Å². The number of aliphatic carboxylic acids is 1. The topological polar surface area (TPSA) is 136 Å². The number of aryl methyl sites for hydroxylation is 1. The van der Waals surface area contributed by atoms with Gasteiger partial charge in [0.2, 0.25) is 5.91 Å². The highest BCUT2D eigenvalue weighted by Crippen LogP contribution is 2.38. The SMILES string of the molecule is C[C@@H]1CC(=O)N2CCC(CC2)n2c(nc3ccccc32)O[C@H]2C[C@@H](C(=O)O)N(C2)c2nc(nc3c2oc2ccccc23)CCCO1. The van der Waals surface area contributed by atoms with Crippen LogP contribution < -0.4 is 9.64 Å². The number of piperidine rings is 1. The van der Waals surface area contributed by atoms with E-state index in [1.165, 1.54) is 0 Å². The van der Waals surface area contributed by atoms with Gasteiger partial charge in [-0.1, -0.05) is 24.3 Å². The molecule has 12 heteroatoms. The lowest BCUT2D eigenvalue weighted by atomic mass is 10.0. The first kappa shape index (κ1) is 28.7. The first-order valence-corrected chi connectivity index (χ1v) is 16.1. The number of imidazole rings is 1. The number of anilines is 1. The van der Waals surface area contributed by atoms with Crippen molar-refractivity contribution in [1.29, 1.82) is 0 Å². The number of para-hydroxylation sites is 3. The van der Waals surface area contributed by atoms with Crippen LogP contribution in [0.1, 0.15) is 50.9 Å². The third-order valence-electron chi connectivity index (χ3n) is 9.50. The van der Waals surface area contributed by atoms with Crippen LogP contribution in [0.2, 0.25) is 0 Å². The summed E-state index contributed by atoms with van der Waals surface area (Å²) in [6.07, 6.45) is 2.59. The Hall–Kier alpha value is -4.71. The number of carboxylic acid groups (broad SMARTS) is 1. The van der Waals surface area contributed by atoms with E-state index in [1.54, 1.807) is 4.90 Å². The summed E-state index contributed by atoms with van der Waals surface area (Å²) in [7, 11) is 0. The van der Waals surface area contributed by atoms with Gasteiger partial charge in [-0.3, -0.25) is 9.36 Å². The van der Waals surface area contributed by atoms with E-state index in [0.717, 1.165) is 29.3 Å². The Bertz CT molecular complexity index is 1940. The zero-order valence-electron chi connectivity index (χ0n) is 25.7. The summed E-state index contributed by atoms with van der Waals surface area (Å²) < 4.78 is 21.1. The molecule has 3 aromatic heterocycles. The fraction of sp³-hybridized carbons (Fsp3) is 0.441. The fourth-order valence-corrected chi connectivity index (χ4v) is 7.21. The molecule has 2 aromatic carbocycles. The van der Waals surface area contributed by atoms with Crippen molar-refractivity contribution in [3.8, 4) is 6.01 Å². The minimum Gasteiger partial charge on any atom is -0.480 e. The van der Waals surface area contributed by atoms with Crippen LogP contribution in [-0.2, 0) is 20.7 Å². The molecule has 0 aliphatic carbocycles. The van der Waals surface area contributed by atoms with Crippen LogP contribution in [0.4, 0.5) is 5.82 Å². The maximum atomic E-state index is 13.2. The molecule has 0 spiro atoms. The molecule has 4 aliphatic heterocycles. The quantitative estimate of drug-likeness (QED) is 0.279. The number of hydrogen-bond acceptors (Lipinski definition) is 9. The highest BCUT2D eigenvalue weighted by atomic mass is 16.5. The summed E-state index contributed by atoms with van der Waals surface area (Å²) in [5.41, 5.74) is 3.55. The average molecular weight is 625 g/mol. The van der Waals surface area contributed by atoms with Crippen LogP contribution in [-0.4, -0.2) is 85.9 Å². The Morgan fingerprint density at radius 1 is 1.02 bits per heavy atom. The molecule has 4 aliphatic rings. The van der Waals surface area contributed by atoms with Gasteiger partial charge >= 0.3 is 5.97 Å². The monoisotopic (exact) mass is 624 g/mol. The Morgan fingerprint density at radius 2 is 1.83 bits per heavy atom. The van der Waals surface area contributed by atoms with Gasteiger partial charge in [-0.25, -0.2) is 14.8 Å². The molecule has 6 bridgehead atoms. The van der Waals surface area contributed by atoms with Crippen molar-refractivity contribution in [1.82, 2.24) is 24.4 Å². The van der Waals surface area contributed by atoms with E-state index in [2.05, 4.69) is 4.57 Å². The van der Waals surface area contributed by atoms with E-state index in [1.807, 2.05) is 60.4 Å². The lowest BCUT2D eigenvalue weighted by Crippen LogP contribution is -2.40. The van der Waals surface area contributed by atoms with E-state index in [-0.39, 0.29) is 31.0 Å². The molecule has 7 heterocycles. The number of carbonyl (C=O) groups is 2. The van der Waals surface area contributed by atoms with Crippen molar-refractivity contribution >= 4 is 50.8 Å². The predicted molar refractivity (Wildman–Crippen MR) is 170 cm³/mol. The van der Waals surface area contributed by atoms with Gasteiger partial charge in [0.15, 0.2) is 11.4 Å². The Morgan fingerprint density at radius 3 is 2.67 bits per heavy atom. The summed E-state index contributed by atoms with van der Waals surface area (Å²) in [5, 5.41) is 11.3. The van der Waals surface area contributed by atoms with Gasteiger partial charge in [-0.05, 0) is 50.5 Å². The molecule has 46 heavy (non-hydrogen) atoms. The Balaban J connectivity index is 1.22. The molecular weight excluding hydrogens is 588 g/mol. The number of furan rings is 1. The van der Waals surface area contributed by atoms with Gasteiger partial charge in [-0.15, -0.1) is 0 Å². The number of fused-ring (bicyclic) bond motifs is 12. The van der Waals surface area contributed by atoms with Crippen molar-refractivity contribution in [3.63, 3.8) is 0 Å². The number of amides is 1. The fourth-order valence-electron chi connectivity index (χ4n) is 7.21. The van der Waals surface area contributed by atoms with Crippen LogP contribution in [0.25, 0.3) is 33.1 Å². The van der Waals surface area contributed by atoms with E-state index in [0.29, 0.717) is 73.3 Å². The third-order valence-corrected chi connectivity index (χ3v) is 9.50. The molecular formula is C34H36N6O6. The molecule has 2 saturated heterocycles. The highest BCUT2D eigenvalue weighted by molar-refractivity contribution is 6.06. The van der Waals surface area contributed by atoms with E-state index in [9.17, 15) is 14.7 Å². The van der Waals surface area contributed by atoms with Gasteiger partial charge in [0.05, 0.1) is 30.1 Å². The molecule has 3 atom stereocenters. The summed E-state index contributed by atoms with van der Waals surface area (Å²) in [6, 6.07) is 15.3. The van der Waals surface area contributed by atoms with E-state index in [4.69, 9.17) is 28.8 Å². The number of hydrogen-bond donors (Lipinski definition) is 1. The summed E-state index contributed by atoms with van der Waals surface area (Å²) in [5.74, 6) is 0.171. The van der Waals surface area contributed by atoms with Crippen LogP contribution in [0.3, 0.4) is 0 Å². The van der Waals surface area contributed by atoms with Crippen LogP contribution in [0.5, 0.6) is 6.01 Å². The average Bonchev–Trinajstić information content (AvgIpc) is 3.76.